The molecule has 0 saturated heterocycles. The molecule has 28 heavy (non-hydrogen) atoms. The van der Waals surface area contributed by atoms with E-state index in [1.165, 1.54) is 11.1 Å². The smallest absolute Gasteiger partial charge is 0.248 e. The molecule has 2 atom stereocenters. The molecule has 0 saturated carbocycles. The third-order valence-electron chi connectivity index (χ3n) is 5.55. The van der Waals surface area contributed by atoms with Crippen molar-refractivity contribution in [2.75, 3.05) is 41.3 Å². The lowest BCUT2D eigenvalue weighted by atomic mass is 9.78. The van der Waals surface area contributed by atoms with Crippen LogP contribution in [0, 0.1) is 5.92 Å². The lowest BCUT2D eigenvalue weighted by Crippen LogP contribution is -2.35. The van der Waals surface area contributed by atoms with Gasteiger partial charge in [0.1, 0.15) is 0 Å². The van der Waals surface area contributed by atoms with Gasteiger partial charge in [0, 0.05) is 55.6 Å². The van der Waals surface area contributed by atoms with Gasteiger partial charge in [0.25, 0.3) is 0 Å². The van der Waals surface area contributed by atoms with Crippen molar-refractivity contribution in [3.8, 4) is 0 Å². The second kappa shape index (κ2) is 7.32. The Morgan fingerprint density at radius 2 is 1.89 bits per heavy atom. The molecule has 146 valence electrons. The van der Waals surface area contributed by atoms with Crippen LogP contribution in [0.5, 0.6) is 0 Å². The largest absolute Gasteiger partial charge is 0.378 e. The number of likely N-dealkylation sites (N-methyl/N-ethyl adjacent to an activating group) is 2. The predicted molar refractivity (Wildman–Crippen MR) is 113 cm³/mol. The van der Waals surface area contributed by atoms with Crippen LogP contribution in [0.4, 0.5) is 0 Å². The van der Waals surface area contributed by atoms with Gasteiger partial charge in [-0.05, 0) is 43.5 Å². The van der Waals surface area contributed by atoms with E-state index in [0.717, 1.165) is 29.1 Å². The number of carbonyl (C=O) groups excluding carboxylic acids is 1. The Morgan fingerprint density at radius 3 is 2.64 bits per heavy atom. The highest BCUT2D eigenvalue weighted by Crippen LogP contribution is 2.42. The minimum Gasteiger partial charge on any atom is -0.378 e. The quantitative estimate of drug-likeness (QED) is 0.769. The Balaban J connectivity index is 1.73. The van der Waals surface area contributed by atoms with Crippen molar-refractivity contribution < 1.29 is 4.79 Å². The van der Waals surface area contributed by atoms with Crippen LogP contribution in [0.2, 0.25) is 0 Å². The molecule has 5 nitrogen and oxygen atoms in total. The Hall–Kier alpha value is -2.79. The second-order valence-corrected chi connectivity index (χ2v) is 8.02. The zero-order chi connectivity index (χ0) is 19.8. The van der Waals surface area contributed by atoms with Crippen molar-refractivity contribution in [1.82, 2.24) is 20.4 Å². The van der Waals surface area contributed by atoms with Crippen molar-refractivity contribution in [3.63, 3.8) is 0 Å². The number of allylic oxidation sites excluding steroid dienone is 7. The number of fused-ring (bicyclic) bond motifs is 3. The highest BCUT2D eigenvalue weighted by Gasteiger charge is 2.36. The summed E-state index contributed by atoms with van der Waals surface area (Å²) in [6, 6.07) is 0.178. The van der Waals surface area contributed by atoms with E-state index in [1.54, 1.807) is 0 Å². The summed E-state index contributed by atoms with van der Waals surface area (Å²) in [4.78, 5) is 17.2. The molecule has 4 aliphatic rings. The van der Waals surface area contributed by atoms with Crippen molar-refractivity contribution >= 4 is 5.91 Å². The Bertz CT molecular complexity index is 909. The molecular weight excluding hydrogens is 348 g/mol. The molecule has 0 aromatic carbocycles. The van der Waals surface area contributed by atoms with Gasteiger partial charge < -0.3 is 20.4 Å². The number of carbonyl (C=O) groups is 1. The number of hydrogen-bond donors (Lipinski definition) is 2. The maximum absolute atomic E-state index is 13.0. The second-order valence-electron chi connectivity index (χ2n) is 8.02. The normalized spacial score (nSPS) is 24.5. The van der Waals surface area contributed by atoms with E-state index in [1.807, 2.05) is 28.2 Å². The van der Waals surface area contributed by atoms with Gasteiger partial charge >= 0.3 is 0 Å². The molecule has 1 amide bonds. The molecule has 2 N–H and O–H groups in total. The minimum atomic E-state index is -0.0250. The summed E-state index contributed by atoms with van der Waals surface area (Å²) in [5, 5.41) is 6.75. The fourth-order valence-corrected chi connectivity index (χ4v) is 4.02. The van der Waals surface area contributed by atoms with E-state index in [9.17, 15) is 4.79 Å². The molecule has 0 aromatic heterocycles. The van der Waals surface area contributed by atoms with E-state index >= 15 is 0 Å². The van der Waals surface area contributed by atoms with Gasteiger partial charge in [-0.3, -0.25) is 4.79 Å². The summed E-state index contributed by atoms with van der Waals surface area (Å²) in [5.41, 5.74) is 6.64. The molecule has 3 aliphatic carbocycles. The third-order valence-corrected chi connectivity index (χ3v) is 5.55. The lowest BCUT2D eigenvalue weighted by molar-refractivity contribution is -0.117. The number of nitrogens with one attached hydrogen (secondary N) is 2. The molecule has 2 unspecified atom stereocenters. The lowest BCUT2D eigenvalue weighted by Gasteiger charge is -2.30. The van der Waals surface area contributed by atoms with Gasteiger partial charge in [-0.25, -0.2) is 0 Å². The maximum Gasteiger partial charge on any atom is 0.248 e. The first-order valence-corrected chi connectivity index (χ1v) is 9.77. The first-order valence-electron chi connectivity index (χ1n) is 9.77. The molecule has 0 spiro atoms. The number of nitrogens with zero attached hydrogens (tertiary/aromatic N) is 2. The zero-order valence-electron chi connectivity index (χ0n) is 17.0. The summed E-state index contributed by atoms with van der Waals surface area (Å²) < 4.78 is 0. The SMILES string of the molecule is CN(C)CCNC(=O)C1=CC2=C3C=CC=CC3NC2=C2C=C(N(C)C)C=CC12. The average molecular weight is 377 g/mol. The van der Waals surface area contributed by atoms with Crippen molar-refractivity contribution in [2.45, 2.75) is 6.04 Å². The highest BCUT2D eigenvalue weighted by molar-refractivity contribution is 5.97. The molecule has 4 rings (SSSR count). The molecular formula is C23H28N4O. The average Bonchev–Trinajstić information content (AvgIpc) is 3.05. The highest BCUT2D eigenvalue weighted by atomic mass is 16.1. The van der Waals surface area contributed by atoms with Crippen LogP contribution < -0.4 is 10.6 Å². The molecule has 0 aromatic rings. The number of rotatable bonds is 5. The van der Waals surface area contributed by atoms with Gasteiger partial charge in [-0.2, -0.15) is 0 Å². The molecule has 0 fully saturated rings. The van der Waals surface area contributed by atoms with Gasteiger partial charge in [-0.1, -0.05) is 30.4 Å². The van der Waals surface area contributed by atoms with Crippen molar-refractivity contribution in [3.05, 3.63) is 82.3 Å². The van der Waals surface area contributed by atoms with E-state index < -0.39 is 0 Å². The van der Waals surface area contributed by atoms with E-state index in [4.69, 9.17) is 0 Å². The Labute approximate surface area is 167 Å². The molecule has 5 heteroatoms. The van der Waals surface area contributed by atoms with Crippen LogP contribution in [0.3, 0.4) is 0 Å². The summed E-state index contributed by atoms with van der Waals surface area (Å²) in [6.45, 7) is 1.46. The summed E-state index contributed by atoms with van der Waals surface area (Å²) in [5.74, 6) is -0.00958. The maximum atomic E-state index is 13.0. The molecule has 0 radical (unpaired) electrons. The van der Waals surface area contributed by atoms with Crippen LogP contribution in [0.1, 0.15) is 0 Å². The minimum absolute atomic E-state index is 0.0154. The first kappa shape index (κ1) is 18.6. The monoisotopic (exact) mass is 376 g/mol. The van der Waals surface area contributed by atoms with E-state index in [-0.39, 0.29) is 17.9 Å². The van der Waals surface area contributed by atoms with Gasteiger partial charge in [0.05, 0.1) is 6.04 Å². The molecule has 0 bridgehead atoms. The molecule has 1 heterocycles. The van der Waals surface area contributed by atoms with Crippen LogP contribution in [0.15, 0.2) is 82.3 Å². The molecule has 1 aliphatic heterocycles. The fourth-order valence-electron chi connectivity index (χ4n) is 4.02. The van der Waals surface area contributed by atoms with E-state index in [0.29, 0.717) is 6.54 Å². The fraction of sp³-hybridized carbons (Fsp3) is 0.348. The van der Waals surface area contributed by atoms with Crippen molar-refractivity contribution in [1.29, 1.82) is 0 Å². The summed E-state index contributed by atoms with van der Waals surface area (Å²) >= 11 is 0. The van der Waals surface area contributed by atoms with Gasteiger partial charge in [0.15, 0.2) is 0 Å². The summed E-state index contributed by atoms with van der Waals surface area (Å²) in [7, 11) is 8.11. The summed E-state index contributed by atoms with van der Waals surface area (Å²) in [6.07, 6.45) is 17.0. The van der Waals surface area contributed by atoms with Crippen LogP contribution in [-0.2, 0) is 4.79 Å². The van der Waals surface area contributed by atoms with Crippen LogP contribution in [0.25, 0.3) is 0 Å². The number of hydrogen-bond acceptors (Lipinski definition) is 4. The van der Waals surface area contributed by atoms with Crippen molar-refractivity contribution in [2.24, 2.45) is 5.92 Å². The van der Waals surface area contributed by atoms with Crippen LogP contribution >= 0.6 is 0 Å². The first-order chi connectivity index (χ1) is 13.5. The Morgan fingerprint density at radius 1 is 1.07 bits per heavy atom. The topological polar surface area (TPSA) is 47.6 Å². The standard InChI is InChI=1S/C23H28N4O/c1-26(2)12-11-24-23(28)20-14-19-17-7-5-6-8-21(17)25-22(19)18-13-15(27(3)4)9-10-16(18)20/h5-10,13-14,16,21,25H,11-12H2,1-4H3,(H,24,28). The third kappa shape index (κ3) is 3.27. The van der Waals surface area contributed by atoms with Gasteiger partial charge in [-0.15, -0.1) is 0 Å². The Kier molecular flexibility index (Phi) is 4.85. The van der Waals surface area contributed by atoms with Gasteiger partial charge in [0.2, 0.25) is 5.91 Å². The zero-order valence-corrected chi connectivity index (χ0v) is 17.0. The van der Waals surface area contributed by atoms with E-state index in [2.05, 4.69) is 69.0 Å². The predicted octanol–water partition coefficient (Wildman–Crippen LogP) is 1.88. The van der Waals surface area contributed by atoms with Crippen LogP contribution in [-0.4, -0.2) is 63.0 Å². The number of amides is 1.